The Morgan fingerprint density at radius 1 is 0.848 bits per heavy atom. The van der Waals surface area contributed by atoms with E-state index in [4.69, 9.17) is 0 Å². The molecule has 10 heteroatoms. The molecule has 0 aliphatic carbocycles. The molecule has 0 radical (unpaired) electrons. The van der Waals surface area contributed by atoms with E-state index in [1.165, 1.54) is 51.6 Å². The second kappa shape index (κ2) is 23.0. The van der Waals surface area contributed by atoms with Gasteiger partial charge in [-0.2, -0.15) is 0 Å². The lowest BCUT2D eigenvalue weighted by molar-refractivity contribution is -0.135. The highest BCUT2D eigenvalue weighted by atomic mass is 16.2. The van der Waals surface area contributed by atoms with E-state index >= 15 is 0 Å². The Morgan fingerprint density at radius 3 is 1.91 bits per heavy atom. The van der Waals surface area contributed by atoms with E-state index in [0.29, 0.717) is 31.5 Å². The first kappa shape index (κ1) is 41.6. The van der Waals surface area contributed by atoms with Crippen LogP contribution in [-0.2, 0) is 19.2 Å². The molecule has 3 aliphatic rings. The highest BCUT2D eigenvalue weighted by molar-refractivity contribution is 5.97. The van der Waals surface area contributed by atoms with E-state index in [1.807, 2.05) is 13.8 Å². The van der Waals surface area contributed by atoms with Crippen LogP contribution in [0, 0.1) is 11.8 Å². The van der Waals surface area contributed by atoms with Crippen molar-refractivity contribution in [3.05, 3.63) is 11.6 Å². The molecule has 4 amide bonds. The van der Waals surface area contributed by atoms with Gasteiger partial charge in [0.05, 0.1) is 12.6 Å². The minimum atomic E-state index is -0.448. The molecule has 46 heavy (non-hydrogen) atoms. The van der Waals surface area contributed by atoms with Crippen LogP contribution in [0.4, 0.5) is 0 Å². The smallest absolute Gasteiger partial charge is 0.249 e. The molecule has 3 rings (SSSR count). The molecule has 266 valence electrons. The van der Waals surface area contributed by atoms with Crippen LogP contribution in [0.3, 0.4) is 0 Å². The van der Waals surface area contributed by atoms with Crippen molar-refractivity contribution in [2.24, 2.45) is 11.8 Å². The van der Waals surface area contributed by atoms with Crippen LogP contribution in [-0.4, -0.2) is 121 Å². The van der Waals surface area contributed by atoms with Gasteiger partial charge in [-0.1, -0.05) is 53.5 Å². The van der Waals surface area contributed by atoms with Gasteiger partial charge in [-0.3, -0.25) is 19.2 Å². The predicted octanol–water partition coefficient (Wildman–Crippen LogP) is 4.30. The Bertz CT molecular complexity index is 923. The number of carbonyl (C=O) groups is 4. The molecule has 3 saturated heterocycles. The van der Waals surface area contributed by atoms with Crippen LogP contribution >= 0.6 is 0 Å². The summed E-state index contributed by atoms with van der Waals surface area (Å²) in [5.74, 6) is 0.425. The predicted molar refractivity (Wildman–Crippen MR) is 188 cm³/mol. The minimum absolute atomic E-state index is 0.0744. The molecule has 2 atom stereocenters. The van der Waals surface area contributed by atoms with Gasteiger partial charge in [0.25, 0.3) is 0 Å². The van der Waals surface area contributed by atoms with Gasteiger partial charge in [-0.15, -0.1) is 0 Å². The Kier molecular flexibility index (Phi) is 20.7. The molecule has 0 unspecified atom stereocenters. The number of piperidine rings is 2. The van der Waals surface area contributed by atoms with E-state index in [2.05, 4.69) is 55.1 Å². The number of likely N-dealkylation sites (N-methyl/N-ethyl adjacent to an activating group) is 1. The number of nitrogens with one attached hydrogen (secondary N) is 2. The Hall–Kier alpha value is -2.46. The molecule has 0 aromatic heterocycles. The lowest BCUT2D eigenvalue weighted by Crippen LogP contribution is -2.48. The van der Waals surface area contributed by atoms with Gasteiger partial charge in [0.15, 0.2) is 0 Å². The summed E-state index contributed by atoms with van der Waals surface area (Å²) >= 11 is 0. The van der Waals surface area contributed by atoms with Gasteiger partial charge in [0.1, 0.15) is 6.04 Å². The summed E-state index contributed by atoms with van der Waals surface area (Å²) in [4.78, 5) is 57.0. The van der Waals surface area contributed by atoms with Crippen molar-refractivity contribution < 1.29 is 19.2 Å². The summed E-state index contributed by atoms with van der Waals surface area (Å²) in [5.41, 5.74) is 0.518. The molecular weight excluding hydrogens is 580 g/mol. The van der Waals surface area contributed by atoms with Crippen LogP contribution in [0.15, 0.2) is 11.6 Å². The summed E-state index contributed by atoms with van der Waals surface area (Å²) in [6, 6.07) is 0.0236. The van der Waals surface area contributed by atoms with Crippen molar-refractivity contribution in [2.75, 3.05) is 59.4 Å². The van der Waals surface area contributed by atoms with Gasteiger partial charge in [-0.25, -0.2) is 0 Å². The number of rotatable bonds is 12. The molecule has 10 nitrogen and oxygen atoms in total. The fraction of sp³-hybridized carbons (Fsp3) is 0.833. The first-order valence-electron chi connectivity index (χ1n) is 18.0. The topological polar surface area (TPSA) is 105 Å². The molecule has 0 bridgehead atoms. The highest BCUT2D eigenvalue weighted by Gasteiger charge is 2.35. The van der Waals surface area contributed by atoms with E-state index in [1.54, 1.807) is 29.8 Å². The largest absolute Gasteiger partial charge is 0.353 e. The zero-order chi connectivity index (χ0) is 34.6. The van der Waals surface area contributed by atoms with Crippen LogP contribution in [0.25, 0.3) is 0 Å². The van der Waals surface area contributed by atoms with Crippen molar-refractivity contribution in [3.8, 4) is 0 Å². The van der Waals surface area contributed by atoms with Gasteiger partial charge < -0.3 is 30.2 Å². The minimum Gasteiger partial charge on any atom is -0.353 e. The first-order chi connectivity index (χ1) is 21.8. The Labute approximate surface area is 281 Å². The maximum atomic E-state index is 13.2. The molecule has 3 aliphatic heterocycles. The summed E-state index contributed by atoms with van der Waals surface area (Å²) in [5, 5.41) is 5.41. The third-order valence-corrected chi connectivity index (χ3v) is 8.73. The number of likely N-dealkylation sites (tertiary alicyclic amines) is 3. The lowest BCUT2D eigenvalue weighted by Gasteiger charge is -2.30. The summed E-state index contributed by atoms with van der Waals surface area (Å²) < 4.78 is 0. The van der Waals surface area contributed by atoms with Crippen molar-refractivity contribution in [3.63, 3.8) is 0 Å². The van der Waals surface area contributed by atoms with Gasteiger partial charge in [0, 0.05) is 38.3 Å². The lowest BCUT2D eigenvalue weighted by atomic mass is 9.99. The number of amides is 4. The van der Waals surface area contributed by atoms with Crippen LogP contribution in [0.2, 0.25) is 0 Å². The molecule has 0 aromatic carbocycles. The quantitative estimate of drug-likeness (QED) is 0.242. The third kappa shape index (κ3) is 15.9. The van der Waals surface area contributed by atoms with E-state index in [0.717, 1.165) is 38.0 Å². The fourth-order valence-corrected chi connectivity index (χ4v) is 6.08. The monoisotopic (exact) mass is 649 g/mol. The van der Waals surface area contributed by atoms with E-state index in [9.17, 15) is 19.2 Å². The SMILES string of the molecule is C/C(=C\[C@H](C(C)C)N(C)C(=O)CNC=O)C(=O)N1CCC[C@H]1C(=O)NCCN1CCCCC1.CC(C)C.CC(C)N1CCCCC1. The van der Waals surface area contributed by atoms with Crippen LogP contribution < -0.4 is 10.6 Å². The molecular formula is C36H68N6O4. The van der Waals surface area contributed by atoms with E-state index in [-0.39, 0.29) is 36.2 Å². The summed E-state index contributed by atoms with van der Waals surface area (Å²) in [6.45, 7) is 23.5. The first-order valence-corrected chi connectivity index (χ1v) is 18.0. The number of hydrogen-bond donors (Lipinski definition) is 2. The summed E-state index contributed by atoms with van der Waals surface area (Å²) in [7, 11) is 1.67. The molecule has 3 fully saturated rings. The average molecular weight is 649 g/mol. The average Bonchev–Trinajstić information content (AvgIpc) is 3.52. The van der Waals surface area contributed by atoms with Crippen molar-refractivity contribution >= 4 is 24.1 Å². The number of hydrogen-bond acceptors (Lipinski definition) is 6. The standard InChI is InChI=1S/C24H41N5O4.C8H17N.C4H10/c1-18(2)21(27(4)22(31)16-25-17-30)15-19(3)24(33)29-13-8-9-20(29)23(32)26-10-14-28-11-6-5-7-12-28;1-8(2)9-6-4-3-5-7-9;1-4(2)3/h15,17-18,20-21H,5-14,16H2,1-4H3,(H,25,30)(H,26,32);8H,3-7H2,1-2H3;4H,1-3H3/b19-15+;;/t20-,21+;;/m0../s1. The number of carbonyl (C=O) groups excluding carboxylic acids is 4. The normalized spacial score (nSPS) is 20.0. The zero-order valence-corrected chi connectivity index (χ0v) is 30.8. The molecule has 2 N–H and O–H groups in total. The van der Waals surface area contributed by atoms with Crippen molar-refractivity contribution in [1.82, 2.24) is 30.2 Å². The second-order valence-corrected chi connectivity index (χ2v) is 14.4. The maximum Gasteiger partial charge on any atom is 0.249 e. The van der Waals surface area contributed by atoms with Gasteiger partial charge in [0.2, 0.25) is 24.1 Å². The second-order valence-electron chi connectivity index (χ2n) is 14.4. The molecule has 0 saturated carbocycles. The molecule has 3 heterocycles. The van der Waals surface area contributed by atoms with E-state index < -0.39 is 6.04 Å². The fourth-order valence-electron chi connectivity index (χ4n) is 6.08. The van der Waals surface area contributed by atoms with Gasteiger partial charge >= 0.3 is 0 Å². The van der Waals surface area contributed by atoms with Crippen LogP contribution in [0.1, 0.15) is 107 Å². The maximum absolute atomic E-state index is 13.2. The Morgan fingerprint density at radius 2 is 1.41 bits per heavy atom. The summed E-state index contributed by atoms with van der Waals surface area (Å²) in [6.07, 6.45) is 11.8. The third-order valence-electron chi connectivity index (χ3n) is 8.73. The molecule has 0 aromatic rings. The molecule has 0 spiro atoms. The van der Waals surface area contributed by atoms with Crippen molar-refractivity contribution in [1.29, 1.82) is 0 Å². The Balaban J connectivity index is 0.000000674. The van der Waals surface area contributed by atoms with Gasteiger partial charge in [-0.05, 0) is 97.3 Å². The highest BCUT2D eigenvalue weighted by Crippen LogP contribution is 2.22. The zero-order valence-electron chi connectivity index (χ0n) is 30.8. The number of nitrogens with zero attached hydrogens (tertiary/aromatic N) is 4. The van der Waals surface area contributed by atoms with Crippen molar-refractivity contribution in [2.45, 2.75) is 125 Å². The van der Waals surface area contributed by atoms with Crippen LogP contribution in [0.5, 0.6) is 0 Å².